The first kappa shape index (κ1) is 17.8. The van der Waals surface area contributed by atoms with Gasteiger partial charge in [0.25, 0.3) is 11.8 Å². The van der Waals surface area contributed by atoms with Crippen molar-refractivity contribution in [2.45, 2.75) is 19.9 Å². The Kier molecular flexibility index (Phi) is 4.60. The molecule has 28 heavy (non-hydrogen) atoms. The van der Waals surface area contributed by atoms with Crippen LogP contribution in [0.3, 0.4) is 0 Å². The monoisotopic (exact) mass is 378 g/mol. The van der Waals surface area contributed by atoms with Crippen LogP contribution in [0, 0.1) is 0 Å². The van der Waals surface area contributed by atoms with E-state index in [1.807, 2.05) is 6.92 Å². The largest absolute Gasteiger partial charge is 0.462 e. The molecule has 1 aliphatic heterocycles. The Balaban J connectivity index is 1.33. The van der Waals surface area contributed by atoms with Gasteiger partial charge in [-0.05, 0) is 43.7 Å². The van der Waals surface area contributed by atoms with Crippen LogP contribution in [0.2, 0.25) is 0 Å². The SMILES string of the molecule is CCn1nnc2cc(C(=O)OCCCN3C(=O)c4ccccc4C3=O)ccc21. The minimum Gasteiger partial charge on any atom is -0.462 e. The number of aromatic nitrogens is 3. The van der Waals surface area contributed by atoms with Crippen molar-refractivity contribution in [1.82, 2.24) is 19.9 Å². The number of rotatable bonds is 6. The van der Waals surface area contributed by atoms with Crippen molar-refractivity contribution in [3.05, 3.63) is 59.2 Å². The molecule has 3 aromatic rings. The molecular formula is C20H18N4O4. The number of benzene rings is 2. The first-order chi connectivity index (χ1) is 13.6. The first-order valence-electron chi connectivity index (χ1n) is 9.05. The van der Waals surface area contributed by atoms with Crippen LogP contribution in [0.5, 0.6) is 0 Å². The summed E-state index contributed by atoms with van der Waals surface area (Å²) in [7, 11) is 0. The molecule has 0 bridgehead atoms. The van der Waals surface area contributed by atoms with Gasteiger partial charge in [-0.15, -0.1) is 5.10 Å². The molecule has 0 atom stereocenters. The van der Waals surface area contributed by atoms with E-state index in [1.54, 1.807) is 47.1 Å². The van der Waals surface area contributed by atoms with Gasteiger partial charge in [0, 0.05) is 13.1 Å². The predicted octanol–water partition coefficient (Wildman–Crippen LogP) is 2.29. The second kappa shape index (κ2) is 7.22. The van der Waals surface area contributed by atoms with E-state index in [0.29, 0.717) is 35.2 Å². The smallest absolute Gasteiger partial charge is 0.338 e. The number of nitrogens with zero attached hydrogens (tertiary/aromatic N) is 4. The summed E-state index contributed by atoms with van der Waals surface area (Å²) in [6.07, 6.45) is 0.367. The molecule has 1 aliphatic rings. The molecule has 4 rings (SSSR count). The van der Waals surface area contributed by atoms with Crippen molar-refractivity contribution in [2.75, 3.05) is 13.2 Å². The van der Waals surface area contributed by atoms with Crippen LogP contribution in [0.4, 0.5) is 0 Å². The summed E-state index contributed by atoms with van der Waals surface area (Å²) in [6, 6.07) is 11.8. The molecule has 2 aromatic carbocycles. The van der Waals surface area contributed by atoms with Gasteiger partial charge in [-0.25, -0.2) is 9.48 Å². The molecular weight excluding hydrogens is 360 g/mol. The summed E-state index contributed by atoms with van der Waals surface area (Å²) in [6.45, 7) is 2.96. The molecule has 2 heterocycles. The molecule has 0 aliphatic carbocycles. The molecule has 0 fully saturated rings. The minimum atomic E-state index is -0.477. The lowest BCUT2D eigenvalue weighted by Gasteiger charge is -2.13. The molecule has 1 aromatic heterocycles. The standard InChI is InChI=1S/C20H18N4O4/c1-2-24-17-9-8-13(12-16(17)21-22-24)20(27)28-11-5-10-23-18(25)14-6-3-4-7-15(14)19(23)26/h3-4,6-9,12H,2,5,10-11H2,1H3. The Labute approximate surface area is 160 Å². The average Bonchev–Trinajstić information content (AvgIpc) is 3.24. The van der Waals surface area contributed by atoms with E-state index in [2.05, 4.69) is 10.3 Å². The molecule has 142 valence electrons. The molecule has 8 heteroatoms. The maximum absolute atomic E-state index is 12.3. The zero-order valence-electron chi connectivity index (χ0n) is 15.3. The molecule has 0 saturated carbocycles. The summed E-state index contributed by atoms with van der Waals surface area (Å²) >= 11 is 0. The average molecular weight is 378 g/mol. The van der Waals surface area contributed by atoms with E-state index in [0.717, 1.165) is 5.52 Å². The number of hydrogen-bond acceptors (Lipinski definition) is 6. The highest BCUT2D eigenvalue weighted by atomic mass is 16.5. The fourth-order valence-corrected chi connectivity index (χ4v) is 3.25. The summed E-state index contributed by atoms with van der Waals surface area (Å²) in [4.78, 5) is 38.0. The number of fused-ring (bicyclic) bond motifs is 2. The lowest BCUT2D eigenvalue weighted by molar-refractivity contribution is 0.0482. The third kappa shape index (κ3) is 3.02. The normalized spacial score (nSPS) is 13.2. The zero-order chi connectivity index (χ0) is 19.7. The maximum atomic E-state index is 12.3. The number of carbonyl (C=O) groups excluding carboxylic acids is 3. The Hall–Kier alpha value is -3.55. The summed E-state index contributed by atoms with van der Waals surface area (Å²) in [5.41, 5.74) is 2.69. The zero-order valence-corrected chi connectivity index (χ0v) is 15.3. The van der Waals surface area contributed by atoms with Crippen molar-refractivity contribution in [3.8, 4) is 0 Å². The number of esters is 1. The molecule has 2 amide bonds. The maximum Gasteiger partial charge on any atom is 0.338 e. The van der Waals surface area contributed by atoms with Gasteiger partial charge in [0.05, 0.1) is 28.8 Å². The van der Waals surface area contributed by atoms with Gasteiger partial charge < -0.3 is 4.74 Å². The quantitative estimate of drug-likeness (QED) is 0.371. The van der Waals surface area contributed by atoms with Crippen LogP contribution in [0.25, 0.3) is 11.0 Å². The molecule has 0 radical (unpaired) electrons. The van der Waals surface area contributed by atoms with E-state index >= 15 is 0 Å². The first-order valence-corrected chi connectivity index (χ1v) is 9.05. The van der Waals surface area contributed by atoms with Gasteiger partial charge >= 0.3 is 5.97 Å². The van der Waals surface area contributed by atoms with Crippen molar-refractivity contribution in [3.63, 3.8) is 0 Å². The molecule has 0 spiro atoms. The van der Waals surface area contributed by atoms with Crippen molar-refractivity contribution < 1.29 is 19.1 Å². The van der Waals surface area contributed by atoms with Crippen molar-refractivity contribution in [1.29, 1.82) is 0 Å². The Bertz CT molecular complexity index is 1050. The number of ether oxygens (including phenoxy) is 1. The summed E-state index contributed by atoms with van der Waals surface area (Å²) < 4.78 is 7.02. The van der Waals surface area contributed by atoms with E-state index < -0.39 is 5.97 Å². The molecule has 0 saturated heterocycles. The van der Waals surface area contributed by atoms with Crippen LogP contribution < -0.4 is 0 Å². The second-order valence-corrected chi connectivity index (χ2v) is 6.41. The summed E-state index contributed by atoms with van der Waals surface area (Å²) in [5.74, 6) is -1.09. The van der Waals surface area contributed by atoms with E-state index in [9.17, 15) is 14.4 Å². The van der Waals surface area contributed by atoms with Crippen LogP contribution >= 0.6 is 0 Å². The third-order valence-corrected chi connectivity index (χ3v) is 4.69. The highest BCUT2D eigenvalue weighted by Gasteiger charge is 2.34. The number of aryl methyl sites for hydroxylation is 1. The predicted molar refractivity (Wildman–Crippen MR) is 99.9 cm³/mol. The fourth-order valence-electron chi connectivity index (χ4n) is 3.25. The van der Waals surface area contributed by atoms with Crippen LogP contribution in [-0.2, 0) is 11.3 Å². The fraction of sp³-hybridized carbons (Fsp3) is 0.250. The van der Waals surface area contributed by atoms with Crippen LogP contribution in [-0.4, -0.2) is 50.8 Å². The highest BCUT2D eigenvalue weighted by Crippen LogP contribution is 2.22. The van der Waals surface area contributed by atoms with Crippen molar-refractivity contribution >= 4 is 28.8 Å². The lowest BCUT2D eigenvalue weighted by Crippen LogP contribution is -2.31. The van der Waals surface area contributed by atoms with E-state index in [-0.39, 0.29) is 25.0 Å². The Morgan fingerprint density at radius 2 is 1.79 bits per heavy atom. The minimum absolute atomic E-state index is 0.103. The Morgan fingerprint density at radius 1 is 1.07 bits per heavy atom. The summed E-state index contributed by atoms with van der Waals surface area (Å²) in [5, 5.41) is 8.05. The van der Waals surface area contributed by atoms with Gasteiger partial charge in [0.2, 0.25) is 0 Å². The van der Waals surface area contributed by atoms with Gasteiger partial charge in [0.1, 0.15) is 5.52 Å². The van der Waals surface area contributed by atoms with Crippen LogP contribution in [0.1, 0.15) is 44.4 Å². The molecule has 0 unspecified atom stereocenters. The number of amides is 2. The second-order valence-electron chi connectivity index (χ2n) is 6.41. The highest BCUT2D eigenvalue weighted by molar-refractivity contribution is 6.21. The van der Waals surface area contributed by atoms with Gasteiger partial charge in [0.15, 0.2) is 0 Å². The Morgan fingerprint density at radius 3 is 2.46 bits per heavy atom. The van der Waals surface area contributed by atoms with Gasteiger partial charge in [-0.3, -0.25) is 14.5 Å². The number of imide groups is 1. The van der Waals surface area contributed by atoms with Crippen molar-refractivity contribution in [2.24, 2.45) is 0 Å². The van der Waals surface area contributed by atoms with E-state index in [1.165, 1.54) is 4.90 Å². The number of hydrogen-bond donors (Lipinski definition) is 0. The van der Waals surface area contributed by atoms with Gasteiger partial charge in [-0.1, -0.05) is 17.3 Å². The topological polar surface area (TPSA) is 94.4 Å². The van der Waals surface area contributed by atoms with Gasteiger partial charge in [-0.2, -0.15) is 0 Å². The number of carbonyl (C=O) groups is 3. The van der Waals surface area contributed by atoms with Crippen LogP contribution in [0.15, 0.2) is 42.5 Å². The lowest BCUT2D eigenvalue weighted by atomic mass is 10.1. The third-order valence-electron chi connectivity index (χ3n) is 4.69. The molecule has 8 nitrogen and oxygen atoms in total. The van der Waals surface area contributed by atoms with E-state index in [4.69, 9.17) is 4.74 Å². The molecule has 0 N–H and O–H groups in total.